The molecule has 5 heteroatoms. The summed E-state index contributed by atoms with van der Waals surface area (Å²) in [6, 6.07) is 7.13. The minimum atomic E-state index is -0.615. The first-order valence-corrected chi connectivity index (χ1v) is 5.49. The van der Waals surface area contributed by atoms with E-state index in [0.717, 1.165) is 5.56 Å². The van der Waals surface area contributed by atoms with Gasteiger partial charge in [0.25, 0.3) is 5.91 Å². The summed E-state index contributed by atoms with van der Waals surface area (Å²) in [5, 5.41) is 12.0. The molecular formula is C12H16N2O3. The molecule has 1 aromatic rings. The number of nitrogens with one attached hydrogen (secondary N) is 1. The lowest BCUT2D eigenvalue weighted by molar-refractivity contribution is -0.0919. The van der Waals surface area contributed by atoms with Gasteiger partial charge in [0.2, 0.25) is 0 Å². The Hall–Kier alpha value is -1.43. The minimum absolute atomic E-state index is 0.116. The quantitative estimate of drug-likeness (QED) is 0.666. The highest BCUT2D eigenvalue weighted by Crippen LogP contribution is 2.17. The van der Waals surface area contributed by atoms with Crippen molar-refractivity contribution in [2.75, 3.05) is 19.8 Å². The van der Waals surface area contributed by atoms with Gasteiger partial charge >= 0.3 is 0 Å². The maximum atomic E-state index is 12.0. The third-order valence-electron chi connectivity index (χ3n) is 2.86. The van der Waals surface area contributed by atoms with Crippen LogP contribution >= 0.6 is 0 Å². The number of amides is 1. The van der Waals surface area contributed by atoms with Crippen molar-refractivity contribution in [2.24, 2.45) is 5.73 Å². The molecule has 1 heterocycles. The topological polar surface area (TPSA) is 84.6 Å². The molecule has 0 unspecified atom stereocenters. The molecule has 4 N–H and O–H groups in total. The lowest BCUT2D eigenvalue weighted by atomic mass is 9.98. The summed E-state index contributed by atoms with van der Waals surface area (Å²) in [6.45, 7) is 0.988. The zero-order valence-electron chi connectivity index (χ0n) is 9.48. The molecule has 1 aliphatic rings. The van der Waals surface area contributed by atoms with E-state index in [4.69, 9.17) is 10.5 Å². The van der Waals surface area contributed by atoms with Crippen LogP contribution in [0.1, 0.15) is 15.9 Å². The van der Waals surface area contributed by atoms with Crippen LogP contribution in [0.25, 0.3) is 0 Å². The fourth-order valence-corrected chi connectivity index (χ4v) is 1.70. The Morgan fingerprint density at radius 2 is 2.29 bits per heavy atom. The van der Waals surface area contributed by atoms with E-state index < -0.39 is 5.54 Å². The summed E-state index contributed by atoms with van der Waals surface area (Å²) in [4.78, 5) is 12.0. The Labute approximate surface area is 99.6 Å². The molecule has 92 valence electrons. The van der Waals surface area contributed by atoms with Gasteiger partial charge in [0, 0.05) is 12.1 Å². The number of rotatable bonds is 4. The number of carbonyl (C=O) groups is 1. The van der Waals surface area contributed by atoms with Gasteiger partial charge in [-0.15, -0.1) is 0 Å². The number of ether oxygens (including phenoxy) is 1. The first kappa shape index (κ1) is 12.0. The highest BCUT2D eigenvalue weighted by molar-refractivity contribution is 5.95. The van der Waals surface area contributed by atoms with Gasteiger partial charge in [-0.05, 0) is 17.7 Å². The van der Waals surface area contributed by atoms with Crippen molar-refractivity contribution < 1.29 is 14.6 Å². The Kier molecular flexibility index (Phi) is 3.42. The highest BCUT2D eigenvalue weighted by atomic mass is 16.5. The molecular weight excluding hydrogens is 220 g/mol. The van der Waals surface area contributed by atoms with Gasteiger partial charge in [-0.1, -0.05) is 12.1 Å². The predicted octanol–water partition coefficient (Wildman–Crippen LogP) is -0.364. The summed E-state index contributed by atoms with van der Waals surface area (Å²) in [5.74, 6) is -0.211. The van der Waals surface area contributed by atoms with Gasteiger partial charge in [-0.2, -0.15) is 0 Å². The van der Waals surface area contributed by atoms with Crippen LogP contribution in [-0.4, -0.2) is 36.4 Å². The van der Waals surface area contributed by atoms with Crippen LogP contribution < -0.4 is 11.1 Å². The van der Waals surface area contributed by atoms with E-state index in [2.05, 4.69) is 5.32 Å². The van der Waals surface area contributed by atoms with Crippen molar-refractivity contribution in [3.63, 3.8) is 0 Å². The second kappa shape index (κ2) is 4.83. The number of carbonyl (C=O) groups excluding carboxylic acids is 1. The van der Waals surface area contributed by atoms with Crippen LogP contribution in [0.4, 0.5) is 0 Å². The van der Waals surface area contributed by atoms with Gasteiger partial charge in [-0.25, -0.2) is 0 Å². The molecule has 2 rings (SSSR count). The monoisotopic (exact) mass is 236 g/mol. The summed E-state index contributed by atoms with van der Waals surface area (Å²) in [5.41, 5.74) is 6.35. The molecule has 0 aromatic heterocycles. The molecule has 1 saturated heterocycles. The maximum Gasteiger partial charge on any atom is 0.251 e. The lowest BCUT2D eigenvalue weighted by Gasteiger charge is -2.40. The van der Waals surface area contributed by atoms with Crippen molar-refractivity contribution in [3.05, 3.63) is 35.4 Å². The summed E-state index contributed by atoms with van der Waals surface area (Å²) >= 11 is 0. The van der Waals surface area contributed by atoms with Gasteiger partial charge in [0.05, 0.1) is 19.8 Å². The fourth-order valence-electron chi connectivity index (χ4n) is 1.70. The van der Waals surface area contributed by atoms with Crippen LogP contribution in [0, 0.1) is 0 Å². The van der Waals surface area contributed by atoms with E-state index >= 15 is 0 Å². The molecule has 5 nitrogen and oxygen atoms in total. The van der Waals surface area contributed by atoms with E-state index in [1.807, 2.05) is 6.07 Å². The molecule has 1 fully saturated rings. The number of nitrogens with two attached hydrogens (primary N) is 1. The van der Waals surface area contributed by atoms with E-state index in [-0.39, 0.29) is 12.5 Å². The number of hydrogen-bond donors (Lipinski definition) is 3. The summed E-state index contributed by atoms with van der Waals surface area (Å²) in [7, 11) is 0. The van der Waals surface area contributed by atoms with E-state index in [0.29, 0.717) is 25.3 Å². The Morgan fingerprint density at radius 3 is 2.82 bits per heavy atom. The van der Waals surface area contributed by atoms with Crippen molar-refractivity contribution in [1.29, 1.82) is 0 Å². The SMILES string of the molecule is NCc1cccc(C(=O)NC2(CO)COC2)c1. The molecule has 0 bridgehead atoms. The average molecular weight is 236 g/mol. The Balaban J connectivity index is 2.08. The van der Waals surface area contributed by atoms with Crippen molar-refractivity contribution >= 4 is 5.91 Å². The smallest absolute Gasteiger partial charge is 0.251 e. The van der Waals surface area contributed by atoms with Crippen LogP contribution in [0.15, 0.2) is 24.3 Å². The van der Waals surface area contributed by atoms with Gasteiger partial charge in [-0.3, -0.25) is 4.79 Å². The second-order valence-electron chi connectivity index (χ2n) is 4.29. The van der Waals surface area contributed by atoms with Gasteiger partial charge in [0.15, 0.2) is 0 Å². The molecule has 0 aliphatic carbocycles. The second-order valence-corrected chi connectivity index (χ2v) is 4.29. The number of aliphatic hydroxyl groups is 1. The largest absolute Gasteiger partial charge is 0.394 e. The molecule has 1 aliphatic heterocycles. The Morgan fingerprint density at radius 1 is 1.53 bits per heavy atom. The molecule has 0 spiro atoms. The van der Waals surface area contributed by atoms with Crippen LogP contribution in [-0.2, 0) is 11.3 Å². The predicted molar refractivity (Wildman–Crippen MR) is 62.4 cm³/mol. The number of hydrogen-bond acceptors (Lipinski definition) is 4. The van der Waals surface area contributed by atoms with Crippen molar-refractivity contribution in [3.8, 4) is 0 Å². The maximum absolute atomic E-state index is 12.0. The molecule has 1 aromatic carbocycles. The first-order chi connectivity index (χ1) is 8.19. The summed E-state index contributed by atoms with van der Waals surface area (Å²) < 4.78 is 5.02. The first-order valence-electron chi connectivity index (χ1n) is 5.49. The van der Waals surface area contributed by atoms with Crippen LogP contribution in [0.5, 0.6) is 0 Å². The highest BCUT2D eigenvalue weighted by Gasteiger charge is 2.39. The van der Waals surface area contributed by atoms with E-state index in [9.17, 15) is 9.90 Å². The molecule has 0 atom stereocenters. The molecule has 1 amide bonds. The van der Waals surface area contributed by atoms with Crippen LogP contribution in [0.3, 0.4) is 0 Å². The third kappa shape index (κ3) is 2.46. The van der Waals surface area contributed by atoms with E-state index in [1.54, 1.807) is 18.2 Å². The number of benzene rings is 1. The average Bonchev–Trinajstić information content (AvgIpc) is 2.33. The Bertz CT molecular complexity index is 410. The zero-order valence-corrected chi connectivity index (χ0v) is 9.48. The molecule has 17 heavy (non-hydrogen) atoms. The molecule has 0 saturated carbocycles. The number of aliphatic hydroxyl groups excluding tert-OH is 1. The fraction of sp³-hybridized carbons (Fsp3) is 0.417. The van der Waals surface area contributed by atoms with Crippen LogP contribution in [0.2, 0.25) is 0 Å². The third-order valence-corrected chi connectivity index (χ3v) is 2.86. The summed E-state index contributed by atoms with van der Waals surface area (Å²) in [6.07, 6.45) is 0. The molecule has 0 radical (unpaired) electrons. The van der Waals surface area contributed by atoms with Gasteiger partial charge in [0.1, 0.15) is 5.54 Å². The van der Waals surface area contributed by atoms with E-state index in [1.165, 1.54) is 0 Å². The zero-order chi connectivity index (χ0) is 12.3. The van der Waals surface area contributed by atoms with Crippen molar-refractivity contribution in [1.82, 2.24) is 5.32 Å². The lowest BCUT2D eigenvalue weighted by Crippen LogP contribution is -2.64. The van der Waals surface area contributed by atoms with Crippen molar-refractivity contribution in [2.45, 2.75) is 12.1 Å². The normalized spacial score (nSPS) is 17.3. The standard InChI is InChI=1S/C12H16N2O3/c13-5-9-2-1-3-10(4-9)11(16)14-12(6-15)7-17-8-12/h1-4,15H,5-8,13H2,(H,14,16). The minimum Gasteiger partial charge on any atom is -0.394 e. The van der Waals surface area contributed by atoms with Gasteiger partial charge < -0.3 is 20.9 Å².